The molecule has 4 heteroatoms. The molecule has 0 saturated heterocycles. The fourth-order valence-corrected chi connectivity index (χ4v) is 5.24. The molecule has 1 radical (unpaired) electrons. The predicted octanol–water partition coefficient (Wildman–Crippen LogP) is 2.47. The molecule has 0 N–H and O–H groups in total. The van der Waals surface area contributed by atoms with Crippen LogP contribution in [0.2, 0.25) is 5.32 Å². The standard InChI is InChI=1S/C14H15O2SSe/c1-11-6-8-13(9-7-11)17(15,16)14(10-18)12-4-2-3-5-12/h2-9,12,14H,10H2,1H3. The molecule has 0 aliphatic heterocycles. The first-order valence-electron chi connectivity index (χ1n) is 5.79. The van der Waals surface area contributed by atoms with Crippen LogP contribution in [0.5, 0.6) is 0 Å². The molecule has 1 aliphatic rings. The summed E-state index contributed by atoms with van der Waals surface area (Å²) in [7, 11) is -3.29. The van der Waals surface area contributed by atoms with Crippen molar-refractivity contribution in [1.82, 2.24) is 0 Å². The Balaban J connectivity index is 2.37. The Kier molecular flexibility index (Phi) is 4.10. The van der Waals surface area contributed by atoms with Crippen molar-refractivity contribution in [3.05, 3.63) is 54.1 Å². The Bertz CT molecular complexity index is 558. The van der Waals surface area contributed by atoms with E-state index in [4.69, 9.17) is 0 Å². The Hall–Kier alpha value is -0.831. The maximum atomic E-state index is 12.6. The molecule has 1 aromatic carbocycles. The van der Waals surface area contributed by atoms with Crippen molar-refractivity contribution in [1.29, 1.82) is 0 Å². The average molecular weight is 326 g/mol. The van der Waals surface area contributed by atoms with Gasteiger partial charge >= 0.3 is 117 Å². The summed E-state index contributed by atoms with van der Waals surface area (Å²) in [6, 6.07) is 7.05. The van der Waals surface area contributed by atoms with Gasteiger partial charge in [0, 0.05) is 0 Å². The van der Waals surface area contributed by atoms with E-state index in [1.807, 2.05) is 43.4 Å². The first-order valence-corrected chi connectivity index (χ1v) is 8.55. The Labute approximate surface area is 117 Å². The van der Waals surface area contributed by atoms with Crippen molar-refractivity contribution in [3.8, 4) is 0 Å². The van der Waals surface area contributed by atoms with Gasteiger partial charge < -0.3 is 0 Å². The van der Waals surface area contributed by atoms with Crippen LogP contribution >= 0.6 is 0 Å². The molecular weight excluding hydrogens is 311 g/mol. The predicted molar refractivity (Wildman–Crippen MR) is 74.5 cm³/mol. The summed E-state index contributed by atoms with van der Waals surface area (Å²) in [5, 5.41) is 0.0745. The van der Waals surface area contributed by atoms with Crippen LogP contribution < -0.4 is 0 Å². The molecule has 0 bridgehead atoms. The number of benzene rings is 1. The monoisotopic (exact) mass is 327 g/mol. The minimum atomic E-state index is -3.29. The third kappa shape index (κ3) is 2.61. The first kappa shape index (κ1) is 13.6. The van der Waals surface area contributed by atoms with E-state index in [0.717, 1.165) is 5.56 Å². The van der Waals surface area contributed by atoms with Gasteiger partial charge in [-0.3, -0.25) is 0 Å². The van der Waals surface area contributed by atoms with Gasteiger partial charge in [0.2, 0.25) is 0 Å². The van der Waals surface area contributed by atoms with Gasteiger partial charge in [0.05, 0.1) is 0 Å². The normalized spacial score (nSPS) is 17.2. The van der Waals surface area contributed by atoms with Gasteiger partial charge in [0.25, 0.3) is 0 Å². The number of sulfone groups is 1. The zero-order chi connectivity index (χ0) is 13.2. The first-order chi connectivity index (χ1) is 8.55. The van der Waals surface area contributed by atoms with E-state index in [9.17, 15) is 8.42 Å². The molecule has 95 valence electrons. The van der Waals surface area contributed by atoms with Crippen LogP contribution in [0.1, 0.15) is 5.56 Å². The average Bonchev–Trinajstić information content (AvgIpc) is 2.84. The van der Waals surface area contributed by atoms with Crippen molar-refractivity contribution >= 4 is 25.8 Å². The van der Waals surface area contributed by atoms with Crippen LogP contribution in [0.4, 0.5) is 0 Å². The van der Waals surface area contributed by atoms with Crippen molar-refractivity contribution in [3.63, 3.8) is 0 Å². The number of hydrogen-bond donors (Lipinski definition) is 0. The van der Waals surface area contributed by atoms with Crippen molar-refractivity contribution in [2.75, 3.05) is 0 Å². The molecule has 1 aromatic rings. The van der Waals surface area contributed by atoms with E-state index in [-0.39, 0.29) is 5.92 Å². The third-order valence-corrected chi connectivity index (χ3v) is 6.56. The van der Waals surface area contributed by atoms with Gasteiger partial charge in [-0.1, -0.05) is 0 Å². The molecule has 0 amide bonds. The molecule has 18 heavy (non-hydrogen) atoms. The van der Waals surface area contributed by atoms with Gasteiger partial charge in [-0.05, 0) is 0 Å². The van der Waals surface area contributed by atoms with E-state index < -0.39 is 15.1 Å². The van der Waals surface area contributed by atoms with Crippen molar-refractivity contribution in [2.24, 2.45) is 5.92 Å². The summed E-state index contributed by atoms with van der Waals surface area (Å²) in [6.45, 7) is 1.95. The van der Waals surface area contributed by atoms with Crippen molar-refractivity contribution in [2.45, 2.75) is 22.4 Å². The van der Waals surface area contributed by atoms with Crippen LogP contribution in [-0.4, -0.2) is 29.7 Å². The van der Waals surface area contributed by atoms with E-state index in [1.165, 1.54) is 0 Å². The second kappa shape index (κ2) is 5.43. The van der Waals surface area contributed by atoms with Crippen LogP contribution in [-0.2, 0) is 9.84 Å². The van der Waals surface area contributed by atoms with E-state index in [0.29, 0.717) is 10.2 Å². The zero-order valence-electron chi connectivity index (χ0n) is 10.1. The third-order valence-electron chi connectivity index (χ3n) is 3.12. The Morgan fingerprint density at radius 1 is 1.17 bits per heavy atom. The SMILES string of the molecule is Cc1ccc(S(=O)(=O)C(C[Se])C2C=CC=C2)cc1. The molecule has 0 fully saturated rings. The molecule has 1 aliphatic carbocycles. The molecule has 2 rings (SSSR count). The number of hydrogen-bond acceptors (Lipinski definition) is 2. The summed E-state index contributed by atoms with van der Waals surface area (Å²) >= 11 is 2.86. The van der Waals surface area contributed by atoms with Gasteiger partial charge in [-0.2, -0.15) is 0 Å². The second-order valence-corrected chi connectivity index (χ2v) is 7.28. The zero-order valence-corrected chi connectivity index (χ0v) is 12.6. The van der Waals surface area contributed by atoms with Gasteiger partial charge in [0.1, 0.15) is 0 Å². The Morgan fingerprint density at radius 3 is 2.22 bits per heavy atom. The molecule has 1 unspecified atom stereocenters. The number of rotatable bonds is 4. The summed E-state index contributed by atoms with van der Waals surface area (Å²) in [4.78, 5) is 0.405. The summed E-state index contributed by atoms with van der Waals surface area (Å²) in [6.07, 6.45) is 7.68. The fraction of sp³-hybridized carbons (Fsp3) is 0.286. The molecule has 0 spiro atoms. The summed E-state index contributed by atoms with van der Waals surface area (Å²) in [5.41, 5.74) is 1.06. The van der Waals surface area contributed by atoms with Gasteiger partial charge in [-0.25, -0.2) is 0 Å². The van der Waals surface area contributed by atoms with Crippen molar-refractivity contribution < 1.29 is 8.42 Å². The molecule has 0 heterocycles. The fourth-order valence-electron chi connectivity index (χ4n) is 2.01. The number of allylic oxidation sites excluding steroid dienone is 4. The molecule has 2 nitrogen and oxygen atoms in total. The second-order valence-electron chi connectivity index (χ2n) is 4.41. The summed E-state index contributed by atoms with van der Waals surface area (Å²) in [5.74, 6) is -0.0300. The quantitative estimate of drug-likeness (QED) is 0.797. The maximum absolute atomic E-state index is 12.6. The number of aryl methyl sites for hydroxylation is 1. The minimum absolute atomic E-state index is 0.0300. The van der Waals surface area contributed by atoms with E-state index in [1.54, 1.807) is 12.1 Å². The molecule has 0 aromatic heterocycles. The van der Waals surface area contributed by atoms with E-state index in [2.05, 4.69) is 16.0 Å². The molecule has 0 saturated carbocycles. The molecule has 1 atom stereocenters. The van der Waals surface area contributed by atoms with E-state index >= 15 is 0 Å². The van der Waals surface area contributed by atoms with Crippen LogP contribution in [0.3, 0.4) is 0 Å². The van der Waals surface area contributed by atoms with Crippen LogP contribution in [0, 0.1) is 12.8 Å². The Morgan fingerprint density at radius 2 is 1.72 bits per heavy atom. The topological polar surface area (TPSA) is 34.1 Å². The van der Waals surface area contributed by atoms with Crippen LogP contribution in [0.15, 0.2) is 53.5 Å². The summed E-state index contributed by atoms with van der Waals surface area (Å²) < 4.78 is 25.1. The molecular formula is C14H15O2SSe. The van der Waals surface area contributed by atoms with Gasteiger partial charge in [0.15, 0.2) is 0 Å². The van der Waals surface area contributed by atoms with Crippen LogP contribution in [0.25, 0.3) is 0 Å². The van der Waals surface area contributed by atoms with Gasteiger partial charge in [-0.15, -0.1) is 0 Å².